The van der Waals surface area contributed by atoms with Crippen molar-refractivity contribution >= 4 is 17.5 Å². The van der Waals surface area contributed by atoms with Gasteiger partial charge >= 0.3 is 0 Å². The van der Waals surface area contributed by atoms with E-state index in [0.29, 0.717) is 31.3 Å². The van der Waals surface area contributed by atoms with Crippen LogP contribution in [0.4, 0.5) is 11.6 Å². The van der Waals surface area contributed by atoms with Gasteiger partial charge in [-0.05, 0) is 61.7 Å². The zero-order chi connectivity index (χ0) is 20.2. The van der Waals surface area contributed by atoms with Gasteiger partial charge < -0.3 is 15.0 Å². The molecule has 0 bridgehead atoms. The molecule has 1 N–H and O–H groups in total. The number of fused-ring (bicyclic) bond motifs is 1. The molecule has 29 heavy (non-hydrogen) atoms. The highest BCUT2D eigenvalue weighted by Gasteiger charge is 2.23. The van der Waals surface area contributed by atoms with Gasteiger partial charge in [-0.1, -0.05) is 24.3 Å². The lowest BCUT2D eigenvalue weighted by atomic mass is 10.00. The van der Waals surface area contributed by atoms with Gasteiger partial charge in [-0.15, -0.1) is 0 Å². The summed E-state index contributed by atoms with van der Waals surface area (Å²) < 4.78 is 5.46. The number of amides is 1. The lowest BCUT2D eigenvalue weighted by Crippen LogP contribution is -2.36. The van der Waals surface area contributed by atoms with Crippen LogP contribution in [0.2, 0.25) is 0 Å². The van der Waals surface area contributed by atoms with E-state index in [2.05, 4.69) is 27.4 Å². The van der Waals surface area contributed by atoms with Crippen LogP contribution in [-0.4, -0.2) is 33.9 Å². The lowest BCUT2D eigenvalue weighted by Gasteiger charge is -2.28. The van der Waals surface area contributed by atoms with Gasteiger partial charge in [-0.25, -0.2) is 9.97 Å². The summed E-state index contributed by atoms with van der Waals surface area (Å²) in [6.45, 7) is 5.75. The van der Waals surface area contributed by atoms with Gasteiger partial charge in [0.25, 0.3) is 5.91 Å². The van der Waals surface area contributed by atoms with Crippen molar-refractivity contribution in [2.24, 2.45) is 0 Å². The number of hydrogen-bond acceptors (Lipinski definition) is 5. The Bertz CT molecular complexity index is 1020. The Balaban J connectivity index is 1.51. The van der Waals surface area contributed by atoms with Crippen molar-refractivity contribution in [3.63, 3.8) is 0 Å². The zero-order valence-electron chi connectivity index (χ0n) is 16.7. The van der Waals surface area contributed by atoms with Crippen LogP contribution >= 0.6 is 0 Å². The summed E-state index contributed by atoms with van der Waals surface area (Å²) in [5.74, 6) is 1.15. The number of nitrogens with zero attached hydrogens (tertiary/aromatic N) is 3. The number of carbonyl (C=O) groups excluding carboxylic acids is 1. The molecule has 1 amide bonds. The molecule has 0 aliphatic carbocycles. The summed E-state index contributed by atoms with van der Waals surface area (Å²) in [6.07, 6.45) is 0.864. The van der Waals surface area contributed by atoms with Crippen LogP contribution in [0.5, 0.6) is 5.75 Å². The number of ether oxygens (including phenoxy) is 1. The number of rotatable bonds is 5. The summed E-state index contributed by atoms with van der Waals surface area (Å²) in [7, 11) is 0. The second-order valence-electron chi connectivity index (χ2n) is 7.05. The Kier molecular flexibility index (Phi) is 5.42. The Hall–Kier alpha value is -3.41. The van der Waals surface area contributed by atoms with Gasteiger partial charge in [-0.2, -0.15) is 0 Å². The first-order valence-electron chi connectivity index (χ1n) is 9.84. The Morgan fingerprint density at radius 1 is 1.10 bits per heavy atom. The second kappa shape index (κ2) is 8.31. The van der Waals surface area contributed by atoms with Crippen molar-refractivity contribution in [1.29, 1.82) is 0 Å². The third kappa shape index (κ3) is 4.37. The predicted molar refractivity (Wildman–Crippen MR) is 113 cm³/mol. The molecule has 0 fully saturated rings. The average Bonchev–Trinajstić information content (AvgIpc) is 2.74. The summed E-state index contributed by atoms with van der Waals surface area (Å²) >= 11 is 0. The number of carbonyl (C=O) groups is 1. The first kappa shape index (κ1) is 18.9. The van der Waals surface area contributed by atoms with Gasteiger partial charge in [0.05, 0.1) is 6.61 Å². The van der Waals surface area contributed by atoms with Crippen molar-refractivity contribution in [2.75, 3.05) is 18.5 Å². The highest BCUT2D eigenvalue weighted by molar-refractivity contribution is 5.93. The third-order valence-corrected chi connectivity index (χ3v) is 4.91. The van der Waals surface area contributed by atoms with E-state index in [4.69, 9.17) is 4.74 Å². The van der Waals surface area contributed by atoms with Gasteiger partial charge in [0.15, 0.2) is 0 Å². The molecule has 3 aromatic rings. The quantitative estimate of drug-likeness (QED) is 0.712. The molecule has 6 heteroatoms. The van der Waals surface area contributed by atoms with Gasteiger partial charge in [-0.3, -0.25) is 4.79 Å². The van der Waals surface area contributed by atoms with Crippen molar-refractivity contribution in [3.8, 4) is 5.75 Å². The van der Waals surface area contributed by atoms with E-state index in [1.165, 1.54) is 11.1 Å². The topological polar surface area (TPSA) is 67.3 Å². The maximum atomic E-state index is 13.1. The molecule has 1 aliphatic rings. The van der Waals surface area contributed by atoms with E-state index in [1.807, 2.05) is 55.1 Å². The highest BCUT2D eigenvalue weighted by atomic mass is 16.5. The molecule has 0 saturated heterocycles. The Morgan fingerprint density at radius 3 is 2.62 bits per heavy atom. The van der Waals surface area contributed by atoms with Crippen molar-refractivity contribution in [3.05, 3.63) is 77.1 Å². The van der Waals surface area contributed by atoms with Crippen molar-refractivity contribution in [2.45, 2.75) is 26.8 Å². The molecule has 1 aromatic heterocycles. The van der Waals surface area contributed by atoms with Gasteiger partial charge in [0.2, 0.25) is 5.95 Å². The first-order valence-corrected chi connectivity index (χ1v) is 9.84. The average molecular weight is 388 g/mol. The molecule has 4 rings (SSSR count). The van der Waals surface area contributed by atoms with E-state index in [9.17, 15) is 4.79 Å². The monoisotopic (exact) mass is 388 g/mol. The number of benzene rings is 2. The highest BCUT2D eigenvalue weighted by Crippen LogP contribution is 2.22. The van der Waals surface area contributed by atoms with E-state index in [1.54, 1.807) is 6.07 Å². The minimum absolute atomic E-state index is 0.0697. The van der Waals surface area contributed by atoms with E-state index >= 15 is 0 Å². The molecule has 148 valence electrons. The molecule has 2 aromatic carbocycles. The minimum Gasteiger partial charge on any atom is -0.494 e. The smallest absolute Gasteiger partial charge is 0.272 e. The molecule has 6 nitrogen and oxygen atoms in total. The predicted octanol–water partition coefficient (Wildman–Crippen LogP) is 4.13. The van der Waals surface area contributed by atoms with E-state index < -0.39 is 0 Å². The number of hydrogen-bond donors (Lipinski definition) is 1. The molecule has 0 atom stereocenters. The summed E-state index contributed by atoms with van der Waals surface area (Å²) in [6, 6.07) is 17.6. The molecular formula is C23H24N4O2. The largest absolute Gasteiger partial charge is 0.494 e. The Labute approximate surface area is 170 Å². The van der Waals surface area contributed by atoms with Crippen molar-refractivity contribution in [1.82, 2.24) is 14.9 Å². The SMILES string of the molecule is CCOc1ccc(Nc2nc(C)cc(C(=O)N3CCc4ccccc4C3)n2)cc1. The fourth-order valence-electron chi connectivity index (χ4n) is 3.50. The lowest BCUT2D eigenvalue weighted by molar-refractivity contribution is 0.0728. The summed E-state index contributed by atoms with van der Waals surface area (Å²) in [4.78, 5) is 23.8. The molecule has 2 heterocycles. The number of anilines is 2. The van der Waals surface area contributed by atoms with Crippen LogP contribution in [0.3, 0.4) is 0 Å². The van der Waals surface area contributed by atoms with Crippen LogP contribution < -0.4 is 10.1 Å². The van der Waals surface area contributed by atoms with Crippen LogP contribution in [0.15, 0.2) is 54.6 Å². The fraction of sp³-hybridized carbons (Fsp3) is 0.261. The summed E-state index contributed by atoms with van der Waals surface area (Å²) in [5.41, 5.74) is 4.50. The minimum atomic E-state index is -0.0697. The number of nitrogens with one attached hydrogen (secondary N) is 1. The first-order chi connectivity index (χ1) is 14.1. The van der Waals surface area contributed by atoms with Gasteiger partial charge in [0.1, 0.15) is 11.4 Å². The normalized spacial score (nSPS) is 13.0. The van der Waals surface area contributed by atoms with Crippen LogP contribution in [0, 0.1) is 6.92 Å². The fourth-order valence-corrected chi connectivity index (χ4v) is 3.50. The molecule has 0 spiro atoms. The molecular weight excluding hydrogens is 364 g/mol. The van der Waals surface area contributed by atoms with Crippen LogP contribution in [0.1, 0.15) is 34.2 Å². The maximum absolute atomic E-state index is 13.1. The molecule has 1 aliphatic heterocycles. The third-order valence-electron chi connectivity index (χ3n) is 4.91. The number of aryl methyl sites for hydroxylation is 1. The van der Waals surface area contributed by atoms with E-state index in [-0.39, 0.29) is 5.91 Å². The van der Waals surface area contributed by atoms with Crippen LogP contribution in [-0.2, 0) is 13.0 Å². The molecule has 0 radical (unpaired) electrons. The van der Waals surface area contributed by atoms with Crippen LogP contribution in [0.25, 0.3) is 0 Å². The standard InChI is InChI=1S/C23H24N4O2/c1-3-29-20-10-8-19(9-11-20)25-23-24-16(2)14-21(26-23)22(28)27-13-12-17-6-4-5-7-18(17)15-27/h4-11,14H,3,12-13,15H2,1-2H3,(H,24,25,26). The van der Waals surface area contributed by atoms with E-state index in [0.717, 1.165) is 23.6 Å². The van der Waals surface area contributed by atoms with Gasteiger partial charge in [0, 0.05) is 24.5 Å². The number of aromatic nitrogens is 2. The summed E-state index contributed by atoms with van der Waals surface area (Å²) in [5, 5.41) is 3.18. The zero-order valence-corrected chi connectivity index (χ0v) is 16.7. The molecule has 0 unspecified atom stereocenters. The Morgan fingerprint density at radius 2 is 1.86 bits per heavy atom. The molecule has 0 saturated carbocycles. The second-order valence-corrected chi connectivity index (χ2v) is 7.05. The maximum Gasteiger partial charge on any atom is 0.272 e. The van der Waals surface area contributed by atoms with Crippen molar-refractivity contribution < 1.29 is 9.53 Å².